The summed E-state index contributed by atoms with van der Waals surface area (Å²) in [7, 11) is 2.18. The zero-order chi connectivity index (χ0) is 52.7. The first kappa shape index (κ1) is 55.5. The maximum absolute atomic E-state index is 14.5. The molecule has 22 heteroatoms. The zero-order valence-corrected chi connectivity index (χ0v) is 42.5. The van der Waals surface area contributed by atoms with Gasteiger partial charge in [0.15, 0.2) is 54.6 Å². The van der Waals surface area contributed by atoms with Crippen LogP contribution < -0.4 is 0 Å². The van der Waals surface area contributed by atoms with Crippen LogP contribution in [0.2, 0.25) is 0 Å². The zero-order valence-electron chi connectivity index (χ0n) is 42.5. The van der Waals surface area contributed by atoms with E-state index in [0.717, 1.165) is 68.6 Å². The number of fused-ring (bicyclic) bond motifs is 5. The maximum atomic E-state index is 14.5. The van der Waals surface area contributed by atoms with Gasteiger partial charge in [0.25, 0.3) is 0 Å². The highest BCUT2D eigenvalue weighted by Crippen LogP contribution is 2.68. The van der Waals surface area contributed by atoms with Crippen molar-refractivity contribution in [1.29, 1.82) is 0 Å². The van der Waals surface area contributed by atoms with Gasteiger partial charge in [-0.05, 0) is 99.7 Å². The molecule has 2 aliphatic heterocycles. The number of ether oxygens (including phenoxy) is 12. The van der Waals surface area contributed by atoms with Crippen molar-refractivity contribution in [2.45, 2.75) is 193 Å². The molecule has 1 N–H and O–H groups in total. The summed E-state index contributed by atoms with van der Waals surface area (Å²) in [5.74, 6) is -11.9. The smallest absolute Gasteiger partial charge is 0.339 e. The van der Waals surface area contributed by atoms with Crippen molar-refractivity contribution in [2.24, 2.45) is 40.4 Å². The molecule has 0 radical (unpaired) electrons. The number of aliphatic hydroxyl groups is 1. The molecule has 19 atom stereocenters. The summed E-state index contributed by atoms with van der Waals surface area (Å²) >= 11 is 0. The monoisotopic (exact) mass is 1010 g/mol. The van der Waals surface area contributed by atoms with Gasteiger partial charge in [-0.3, -0.25) is 33.6 Å². The molecule has 2 saturated heterocycles. The number of carbonyl (C=O) groups excluding carboxylic acids is 9. The predicted octanol–water partition coefficient (Wildman–Crippen LogP) is 2.75. The van der Waals surface area contributed by atoms with Crippen LogP contribution in [0.4, 0.5) is 0 Å². The van der Waals surface area contributed by atoms with Crippen LogP contribution >= 0.6 is 0 Å². The molecule has 22 nitrogen and oxygen atoms in total. The van der Waals surface area contributed by atoms with Crippen LogP contribution in [0.1, 0.15) is 121 Å². The molecule has 2 heterocycles. The van der Waals surface area contributed by atoms with Crippen LogP contribution in [0.15, 0.2) is 0 Å². The van der Waals surface area contributed by atoms with E-state index in [-0.39, 0.29) is 34.9 Å². The fourth-order valence-corrected chi connectivity index (χ4v) is 13.5. The van der Waals surface area contributed by atoms with Gasteiger partial charge in [-0.15, -0.1) is 0 Å². The standard InChI is InChI=1S/C49H70O22/c1-22(50)63-36-38(65-24(3)52)42(67-26(5)54)48(9,70-40(36)44(58)60-11)62-21-34(57)32-16-15-31-30-14-13-28-19-29(17-18-46(28,7)35(30)33(56)20-47(31,32)8)69-49(10)43(68-27(6)55)39(66-25(4)53)37(64-23(2)51)41(71-49)45(59)61-12/h28-33,35-43,56H,13-21H2,1-12H3. The fraction of sp³-hybridized carbons (Fsp3) is 0.816. The SMILES string of the molecule is COC(=O)C1OC(C)(OCC(=O)C2CCC3C4CCC5CC(OC6(C)OC(C(=O)OC)C(OC(C)=O)C(OC(C)=O)C6OC(C)=O)CCC5(C)C4C(O)CC23C)C(OC(C)=O)C(OC(C)=O)C1OC(C)=O. The second kappa shape index (κ2) is 21.4. The Bertz CT molecular complexity index is 2090. The van der Waals surface area contributed by atoms with E-state index >= 15 is 0 Å². The summed E-state index contributed by atoms with van der Waals surface area (Å²) in [6.45, 7) is 13.0. The molecule has 4 saturated carbocycles. The number of methoxy groups -OCH3 is 2. The first-order valence-corrected chi connectivity index (χ1v) is 24.2. The Labute approximate surface area is 412 Å². The number of hydrogen-bond donors (Lipinski definition) is 1. The molecule has 71 heavy (non-hydrogen) atoms. The van der Waals surface area contributed by atoms with E-state index in [1.165, 1.54) is 13.8 Å². The Kier molecular flexibility index (Phi) is 16.7. The molecule has 6 rings (SSSR count). The molecule has 0 aromatic heterocycles. The quantitative estimate of drug-likeness (QED) is 0.149. The van der Waals surface area contributed by atoms with Crippen LogP contribution in [0.5, 0.6) is 0 Å². The van der Waals surface area contributed by atoms with Crippen LogP contribution in [0, 0.1) is 40.4 Å². The summed E-state index contributed by atoms with van der Waals surface area (Å²) in [6, 6.07) is 0. The lowest BCUT2D eigenvalue weighted by Crippen LogP contribution is -2.69. The second-order valence-corrected chi connectivity index (χ2v) is 20.8. The van der Waals surface area contributed by atoms with Gasteiger partial charge in [0.05, 0.1) is 26.4 Å². The first-order valence-electron chi connectivity index (χ1n) is 24.2. The number of carbonyl (C=O) groups is 9. The van der Waals surface area contributed by atoms with Crippen molar-refractivity contribution in [3.05, 3.63) is 0 Å². The summed E-state index contributed by atoms with van der Waals surface area (Å²) in [6.07, 6.45) is -9.50. The van der Waals surface area contributed by atoms with Crippen LogP contribution in [0.3, 0.4) is 0 Å². The highest BCUT2D eigenvalue weighted by atomic mass is 16.8. The molecule has 398 valence electrons. The normalized spacial score (nSPS) is 41.5. The molecule has 0 bridgehead atoms. The topological polar surface area (TPSA) is 285 Å². The summed E-state index contributed by atoms with van der Waals surface area (Å²) in [5.41, 5.74) is -1.02. The molecular weight excluding hydrogens is 941 g/mol. The van der Waals surface area contributed by atoms with E-state index < -0.39 is 138 Å². The van der Waals surface area contributed by atoms with Gasteiger partial charge in [-0.1, -0.05) is 13.8 Å². The van der Waals surface area contributed by atoms with E-state index in [0.29, 0.717) is 38.5 Å². The van der Waals surface area contributed by atoms with Gasteiger partial charge in [0, 0.05) is 47.5 Å². The third-order valence-electron chi connectivity index (χ3n) is 16.1. The van der Waals surface area contributed by atoms with Crippen molar-refractivity contribution in [2.75, 3.05) is 20.8 Å². The van der Waals surface area contributed by atoms with Crippen molar-refractivity contribution in [3.63, 3.8) is 0 Å². The highest BCUT2D eigenvalue weighted by Gasteiger charge is 2.67. The number of Topliss-reactive ketones (excluding diaryl/α,β-unsaturated/α-hetero) is 1. The van der Waals surface area contributed by atoms with Gasteiger partial charge >= 0.3 is 47.8 Å². The van der Waals surface area contributed by atoms with Gasteiger partial charge in [0.1, 0.15) is 6.61 Å². The van der Waals surface area contributed by atoms with E-state index in [1.54, 1.807) is 0 Å². The lowest BCUT2D eigenvalue weighted by atomic mass is 9.44. The van der Waals surface area contributed by atoms with Gasteiger partial charge < -0.3 is 61.9 Å². The molecule has 0 aromatic carbocycles. The Hall–Kier alpha value is -4.77. The minimum Gasteiger partial charge on any atom is -0.467 e. The van der Waals surface area contributed by atoms with Gasteiger partial charge in [0.2, 0.25) is 11.6 Å². The second-order valence-electron chi connectivity index (χ2n) is 20.8. The van der Waals surface area contributed by atoms with Crippen molar-refractivity contribution in [3.8, 4) is 0 Å². The average molecular weight is 1010 g/mol. The molecule has 19 unspecified atom stereocenters. The minimum absolute atomic E-state index is 0.0361. The molecule has 6 fully saturated rings. The average Bonchev–Trinajstić information content (AvgIpc) is 3.62. The van der Waals surface area contributed by atoms with E-state index in [1.807, 2.05) is 6.92 Å². The molecule has 0 amide bonds. The van der Waals surface area contributed by atoms with Crippen molar-refractivity contribution < 1.29 is 105 Å². The van der Waals surface area contributed by atoms with Crippen LogP contribution in [-0.4, -0.2) is 152 Å². The number of rotatable bonds is 14. The van der Waals surface area contributed by atoms with Crippen molar-refractivity contribution in [1.82, 2.24) is 0 Å². The summed E-state index contributed by atoms with van der Waals surface area (Å²) < 4.78 is 68.3. The Morgan fingerprint density at radius 1 is 0.563 bits per heavy atom. The molecule has 0 aromatic rings. The van der Waals surface area contributed by atoms with E-state index in [9.17, 15) is 48.3 Å². The lowest BCUT2D eigenvalue weighted by molar-refractivity contribution is -0.366. The van der Waals surface area contributed by atoms with Crippen molar-refractivity contribution >= 4 is 53.5 Å². The van der Waals surface area contributed by atoms with Gasteiger partial charge in [-0.2, -0.15) is 0 Å². The Morgan fingerprint density at radius 2 is 1.03 bits per heavy atom. The molecule has 4 aliphatic carbocycles. The fourth-order valence-electron chi connectivity index (χ4n) is 13.5. The number of hydrogen-bond acceptors (Lipinski definition) is 22. The number of aliphatic hydroxyl groups excluding tert-OH is 1. The number of ketones is 1. The minimum atomic E-state index is -2.11. The largest absolute Gasteiger partial charge is 0.467 e. The van der Waals surface area contributed by atoms with Gasteiger partial charge in [-0.25, -0.2) is 9.59 Å². The summed E-state index contributed by atoms with van der Waals surface area (Å²) in [4.78, 5) is 115. The Balaban J connectivity index is 1.19. The first-order chi connectivity index (χ1) is 33.1. The lowest BCUT2D eigenvalue weighted by Gasteiger charge is -2.62. The third-order valence-corrected chi connectivity index (χ3v) is 16.1. The van der Waals surface area contributed by atoms with Crippen LogP contribution in [0.25, 0.3) is 0 Å². The van der Waals surface area contributed by atoms with Crippen LogP contribution in [-0.2, 0) is 100.0 Å². The number of esters is 8. The van der Waals surface area contributed by atoms with E-state index in [4.69, 9.17) is 56.8 Å². The predicted molar refractivity (Wildman–Crippen MR) is 236 cm³/mol. The summed E-state index contributed by atoms with van der Waals surface area (Å²) in [5, 5.41) is 12.3. The maximum Gasteiger partial charge on any atom is 0.339 e. The highest BCUT2D eigenvalue weighted by molar-refractivity contribution is 5.83. The third kappa shape index (κ3) is 11.1. The molecular formula is C49H70O22. The molecule has 6 aliphatic rings. The van der Waals surface area contributed by atoms with E-state index in [2.05, 4.69) is 6.92 Å². The molecule has 0 spiro atoms. The Morgan fingerprint density at radius 3 is 1.51 bits per heavy atom.